The van der Waals surface area contributed by atoms with Crippen molar-refractivity contribution in [3.63, 3.8) is 0 Å². The maximum Gasteiger partial charge on any atom is 0.124 e. The molecule has 0 saturated heterocycles. The Kier molecular flexibility index (Phi) is 2.65. The number of halogens is 1. The fraction of sp³-hybridized carbons (Fsp3) is 0.143. The van der Waals surface area contributed by atoms with E-state index in [-0.39, 0.29) is 5.82 Å². The third kappa shape index (κ3) is 2.06. The number of aryl methyl sites for hydroxylation is 2. The van der Waals surface area contributed by atoms with Crippen molar-refractivity contribution < 1.29 is 4.39 Å². The largest absolute Gasteiger partial charge is 0.398 e. The summed E-state index contributed by atoms with van der Waals surface area (Å²) in [6.07, 6.45) is 0. The number of benzene rings is 2. The molecule has 0 atom stereocenters. The predicted octanol–water partition coefficient (Wildman–Crippen LogP) is 3.69. The molecule has 0 radical (unpaired) electrons. The standard InChI is InChI=1S/C14H14FN/c1-9-5-12(7-13(15)6-9)11-4-3-10(2)14(16)8-11/h3-8H,16H2,1-2H3. The lowest BCUT2D eigenvalue weighted by Gasteiger charge is -2.06. The lowest BCUT2D eigenvalue weighted by molar-refractivity contribution is 0.627. The van der Waals surface area contributed by atoms with E-state index in [0.29, 0.717) is 0 Å². The van der Waals surface area contributed by atoms with E-state index < -0.39 is 0 Å². The van der Waals surface area contributed by atoms with Crippen molar-refractivity contribution in [1.82, 2.24) is 0 Å². The molecule has 0 amide bonds. The van der Waals surface area contributed by atoms with Gasteiger partial charge in [-0.25, -0.2) is 4.39 Å². The monoisotopic (exact) mass is 215 g/mol. The highest BCUT2D eigenvalue weighted by atomic mass is 19.1. The summed E-state index contributed by atoms with van der Waals surface area (Å²) in [5.74, 6) is -0.214. The predicted molar refractivity (Wildman–Crippen MR) is 65.7 cm³/mol. The van der Waals surface area contributed by atoms with Crippen molar-refractivity contribution in [2.45, 2.75) is 13.8 Å². The van der Waals surface area contributed by atoms with E-state index >= 15 is 0 Å². The third-order valence-electron chi connectivity index (χ3n) is 2.65. The van der Waals surface area contributed by atoms with Gasteiger partial charge in [0, 0.05) is 5.69 Å². The minimum atomic E-state index is -0.214. The average Bonchev–Trinajstić information content (AvgIpc) is 2.20. The Balaban J connectivity index is 2.54. The SMILES string of the molecule is Cc1cc(F)cc(-c2ccc(C)c(N)c2)c1. The number of nitrogen functional groups attached to an aromatic ring is 1. The second-order valence-corrected chi connectivity index (χ2v) is 4.09. The Morgan fingerprint density at radius 3 is 2.31 bits per heavy atom. The molecule has 1 nitrogen and oxygen atoms in total. The van der Waals surface area contributed by atoms with Crippen molar-refractivity contribution in [2.24, 2.45) is 0 Å². The van der Waals surface area contributed by atoms with Gasteiger partial charge >= 0.3 is 0 Å². The molecule has 82 valence electrons. The molecule has 0 fully saturated rings. The lowest BCUT2D eigenvalue weighted by atomic mass is 10.0. The number of hydrogen-bond acceptors (Lipinski definition) is 1. The minimum absolute atomic E-state index is 0.214. The molecule has 0 saturated carbocycles. The summed E-state index contributed by atoms with van der Waals surface area (Å²) in [5.41, 5.74) is 10.3. The highest BCUT2D eigenvalue weighted by Crippen LogP contribution is 2.25. The average molecular weight is 215 g/mol. The van der Waals surface area contributed by atoms with Gasteiger partial charge in [-0.3, -0.25) is 0 Å². The van der Waals surface area contributed by atoms with Crippen molar-refractivity contribution in [3.05, 3.63) is 53.3 Å². The Morgan fingerprint density at radius 2 is 1.69 bits per heavy atom. The highest BCUT2D eigenvalue weighted by Gasteiger charge is 2.02. The van der Waals surface area contributed by atoms with E-state index in [4.69, 9.17) is 5.73 Å². The molecule has 0 spiro atoms. The van der Waals surface area contributed by atoms with Crippen LogP contribution in [-0.4, -0.2) is 0 Å². The first-order valence-electron chi connectivity index (χ1n) is 5.20. The summed E-state index contributed by atoms with van der Waals surface area (Å²) in [6, 6.07) is 10.8. The summed E-state index contributed by atoms with van der Waals surface area (Å²) >= 11 is 0. The van der Waals surface area contributed by atoms with Crippen LogP contribution in [0.1, 0.15) is 11.1 Å². The Hall–Kier alpha value is -1.83. The Labute approximate surface area is 94.7 Å². The number of rotatable bonds is 1. The first-order chi connectivity index (χ1) is 7.56. The van der Waals surface area contributed by atoms with Gasteiger partial charge in [-0.2, -0.15) is 0 Å². The molecule has 0 aliphatic rings. The van der Waals surface area contributed by atoms with Gasteiger partial charge < -0.3 is 5.73 Å². The van der Waals surface area contributed by atoms with Crippen molar-refractivity contribution >= 4 is 5.69 Å². The van der Waals surface area contributed by atoms with Crippen LogP contribution in [0.15, 0.2) is 36.4 Å². The number of nitrogens with two attached hydrogens (primary N) is 1. The van der Waals surface area contributed by atoms with Crippen LogP contribution in [0, 0.1) is 19.7 Å². The molecular formula is C14H14FN. The summed E-state index contributed by atoms with van der Waals surface area (Å²) in [5, 5.41) is 0. The second-order valence-electron chi connectivity index (χ2n) is 4.09. The topological polar surface area (TPSA) is 26.0 Å². The molecule has 0 aliphatic carbocycles. The third-order valence-corrected chi connectivity index (χ3v) is 2.65. The summed E-state index contributed by atoms with van der Waals surface area (Å²) in [6.45, 7) is 3.83. The van der Waals surface area contributed by atoms with Gasteiger partial charge in [0.2, 0.25) is 0 Å². The first kappa shape index (κ1) is 10.7. The molecule has 2 aromatic carbocycles. The van der Waals surface area contributed by atoms with Gasteiger partial charge in [0.15, 0.2) is 0 Å². The van der Waals surface area contributed by atoms with E-state index in [0.717, 1.165) is 27.9 Å². The Bertz CT molecular complexity index is 512. The van der Waals surface area contributed by atoms with Gasteiger partial charge in [0.05, 0.1) is 0 Å². The molecular weight excluding hydrogens is 201 g/mol. The van der Waals surface area contributed by atoms with Gasteiger partial charge in [0.25, 0.3) is 0 Å². The van der Waals surface area contributed by atoms with Crippen LogP contribution >= 0.6 is 0 Å². The molecule has 2 aromatic rings. The molecule has 2 N–H and O–H groups in total. The normalized spacial score (nSPS) is 10.4. The smallest absolute Gasteiger partial charge is 0.124 e. The summed E-state index contributed by atoms with van der Waals surface area (Å²) in [7, 11) is 0. The van der Waals surface area contributed by atoms with E-state index in [1.54, 1.807) is 0 Å². The first-order valence-corrected chi connectivity index (χ1v) is 5.20. The summed E-state index contributed by atoms with van der Waals surface area (Å²) < 4.78 is 13.3. The van der Waals surface area contributed by atoms with Gasteiger partial charge in [0.1, 0.15) is 5.82 Å². The number of anilines is 1. The van der Waals surface area contributed by atoms with Crippen LogP contribution in [0.4, 0.5) is 10.1 Å². The van der Waals surface area contributed by atoms with Crippen LogP contribution in [0.2, 0.25) is 0 Å². The number of hydrogen-bond donors (Lipinski definition) is 1. The van der Waals surface area contributed by atoms with Crippen LogP contribution in [0.3, 0.4) is 0 Å². The molecule has 0 aromatic heterocycles. The van der Waals surface area contributed by atoms with Crippen molar-refractivity contribution in [3.8, 4) is 11.1 Å². The van der Waals surface area contributed by atoms with Crippen LogP contribution in [0.25, 0.3) is 11.1 Å². The fourth-order valence-corrected chi connectivity index (χ4v) is 1.72. The summed E-state index contributed by atoms with van der Waals surface area (Å²) in [4.78, 5) is 0. The van der Waals surface area contributed by atoms with Gasteiger partial charge in [-0.1, -0.05) is 18.2 Å². The Morgan fingerprint density at radius 1 is 0.938 bits per heavy atom. The van der Waals surface area contributed by atoms with E-state index in [1.165, 1.54) is 12.1 Å². The quantitative estimate of drug-likeness (QED) is 0.721. The molecule has 0 aliphatic heterocycles. The lowest BCUT2D eigenvalue weighted by Crippen LogP contribution is -1.90. The molecule has 16 heavy (non-hydrogen) atoms. The molecule has 0 bridgehead atoms. The molecule has 2 rings (SSSR count). The van der Waals surface area contributed by atoms with Crippen LogP contribution < -0.4 is 5.73 Å². The van der Waals surface area contributed by atoms with E-state index in [2.05, 4.69) is 0 Å². The van der Waals surface area contributed by atoms with Gasteiger partial charge in [-0.15, -0.1) is 0 Å². The zero-order valence-electron chi connectivity index (χ0n) is 9.42. The fourth-order valence-electron chi connectivity index (χ4n) is 1.72. The highest BCUT2D eigenvalue weighted by molar-refractivity contribution is 5.69. The zero-order chi connectivity index (χ0) is 11.7. The molecule has 2 heteroatoms. The zero-order valence-corrected chi connectivity index (χ0v) is 9.42. The van der Waals surface area contributed by atoms with Crippen LogP contribution in [0.5, 0.6) is 0 Å². The minimum Gasteiger partial charge on any atom is -0.398 e. The second kappa shape index (κ2) is 3.97. The molecule has 0 heterocycles. The van der Waals surface area contributed by atoms with E-state index in [1.807, 2.05) is 38.1 Å². The molecule has 0 unspecified atom stereocenters. The van der Waals surface area contributed by atoms with Crippen LogP contribution in [-0.2, 0) is 0 Å². The van der Waals surface area contributed by atoms with Crippen molar-refractivity contribution in [2.75, 3.05) is 5.73 Å². The van der Waals surface area contributed by atoms with E-state index in [9.17, 15) is 4.39 Å². The maximum absolute atomic E-state index is 13.3. The van der Waals surface area contributed by atoms with Crippen molar-refractivity contribution in [1.29, 1.82) is 0 Å². The van der Waals surface area contributed by atoms with Gasteiger partial charge in [-0.05, 0) is 54.3 Å². The maximum atomic E-state index is 13.3.